The van der Waals surface area contributed by atoms with Gasteiger partial charge in [0, 0.05) is 19.5 Å². The Hall–Kier alpha value is -3.86. The molecular weight excluding hydrogens is 635 g/mol. The van der Waals surface area contributed by atoms with E-state index in [1.165, 1.54) is 19.2 Å². The van der Waals surface area contributed by atoms with Gasteiger partial charge >= 0.3 is 12.1 Å². The van der Waals surface area contributed by atoms with E-state index in [2.05, 4.69) is 20.5 Å². The molecular formula is C26H27ClF3N5O6S2. The molecule has 4 rings (SSSR count). The van der Waals surface area contributed by atoms with Gasteiger partial charge in [-0.3, -0.25) is 14.2 Å². The molecule has 43 heavy (non-hydrogen) atoms. The van der Waals surface area contributed by atoms with Crippen molar-refractivity contribution >= 4 is 61.6 Å². The number of nitrogens with zero attached hydrogens (tertiary/aromatic N) is 2. The van der Waals surface area contributed by atoms with Gasteiger partial charge in [0.25, 0.3) is 10.0 Å². The Kier molecular flexibility index (Phi) is 11.4. The van der Waals surface area contributed by atoms with Crippen LogP contribution in [0.4, 0.5) is 19.0 Å². The van der Waals surface area contributed by atoms with Gasteiger partial charge in [0.05, 0.1) is 28.9 Å². The maximum absolute atomic E-state index is 13.0. The Bertz CT molecular complexity index is 1690. The molecule has 0 saturated carbocycles. The van der Waals surface area contributed by atoms with Gasteiger partial charge < -0.3 is 20.5 Å². The lowest BCUT2D eigenvalue weighted by Crippen LogP contribution is -2.26. The molecule has 17 heteroatoms. The number of aliphatic carboxylic acids is 1. The van der Waals surface area contributed by atoms with E-state index in [9.17, 15) is 26.4 Å². The molecule has 0 atom stereocenters. The lowest BCUT2D eigenvalue weighted by molar-refractivity contribution is -0.192. The predicted molar refractivity (Wildman–Crippen MR) is 156 cm³/mol. The van der Waals surface area contributed by atoms with Crippen LogP contribution in [0, 0.1) is 0 Å². The number of carbonyl (C=O) groups excluding carboxylic acids is 1. The maximum Gasteiger partial charge on any atom is 0.490 e. The van der Waals surface area contributed by atoms with E-state index in [1.807, 2.05) is 36.4 Å². The molecule has 0 aliphatic rings. The number of rotatable bonds is 11. The molecule has 4 aromatic rings. The molecule has 232 valence electrons. The zero-order valence-electron chi connectivity index (χ0n) is 22.7. The van der Waals surface area contributed by atoms with E-state index in [-0.39, 0.29) is 15.9 Å². The smallest absolute Gasteiger partial charge is 0.490 e. The Morgan fingerprint density at radius 2 is 1.79 bits per heavy atom. The summed E-state index contributed by atoms with van der Waals surface area (Å²) in [4.78, 5) is 20.8. The first-order valence-electron chi connectivity index (χ1n) is 12.4. The largest absolute Gasteiger partial charge is 0.496 e. The number of ether oxygens (including phenoxy) is 1. The number of sulfonamides is 1. The molecule has 4 N–H and O–H groups in total. The van der Waals surface area contributed by atoms with Gasteiger partial charge in [0.15, 0.2) is 5.82 Å². The summed E-state index contributed by atoms with van der Waals surface area (Å²) >= 11 is 6.91. The summed E-state index contributed by atoms with van der Waals surface area (Å²) < 4.78 is 68.0. The molecule has 0 unspecified atom stereocenters. The molecule has 0 aliphatic carbocycles. The number of anilines is 1. The van der Waals surface area contributed by atoms with E-state index >= 15 is 0 Å². The van der Waals surface area contributed by atoms with Crippen LogP contribution in [0.1, 0.15) is 17.5 Å². The zero-order valence-corrected chi connectivity index (χ0v) is 25.1. The molecule has 0 bridgehead atoms. The molecule has 0 fully saturated rings. The van der Waals surface area contributed by atoms with E-state index in [0.29, 0.717) is 47.0 Å². The number of benzene rings is 2. The number of aromatic nitrogens is 2. The van der Waals surface area contributed by atoms with Gasteiger partial charge in [-0.15, -0.1) is 11.3 Å². The summed E-state index contributed by atoms with van der Waals surface area (Å²) in [6, 6.07) is 16.2. The van der Waals surface area contributed by atoms with Gasteiger partial charge in [0.1, 0.15) is 9.96 Å². The highest BCUT2D eigenvalue weighted by molar-refractivity contribution is 7.94. The average Bonchev–Trinajstić information content (AvgIpc) is 3.54. The number of amides is 1. The van der Waals surface area contributed by atoms with Gasteiger partial charge in [-0.1, -0.05) is 41.9 Å². The van der Waals surface area contributed by atoms with Crippen LogP contribution in [0.5, 0.6) is 5.75 Å². The fraction of sp³-hybridized carbons (Fsp3) is 0.269. The summed E-state index contributed by atoms with van der Waals surface area (Å²) in [6.45, 7) is 1.42. The Morgan fingerprint density at radius 3 is 2.40 bits per heavy atom. The van der Waals surface area contributed by atoms with Crippen molar-refractivity contribution in [3.8, 4) is 5.75 Å². The van der Waals surface area contributed by atoms with E-state index < -0.39 is 22.2 Å². The molecule has 0 aliphatic heterocycles. The quantitative estimate of drug-likeness (QED) is 0.184. The molecule has 0 saturated heterocycles. The fourth-order valence-corrected chi connectivity index (χ4v) is 6.21. The van der Waals surface area contributed by atoms with Gasteiger partial charge in [-0.05, 0) is 42.4 Å². The number of carbonyl (C=O) groups is 2. The Morgan fingerprint density at radius 1 is 1.12 bits per heavy atom. The average molecular weight is 662 g/mol. The number of fused-ring (bicyclic) bond motifs is 1. The van der Waals surface area contributed by atoms with Crippen LogP contribution < -0.4 is 20.1 Å². The van der Waals surface area contributed by atoms with E-state index in [1.54, 1.807) is 17.8 Å². The van der Waals surface area contributed by atoms with Crippen LogP contribution in [-0.4, -0.2) is 62.1 Å². The molecule has 0 spiro atoms. The lowest BCUT2D eigenvalue weighted by atomic mass is 10.1. The van der Waals surface area contributed by atoms with Crippen LogP contribution in [-0.2, 0) is 32.7 Å². The number of alkyl halides is 3. The van der Waals surface area contributed by atoms with Crippen LogP contribution in [0.2, 0.25) is 4.34 Å². The van der Waals surface area contributed by atoms with E-state index in [0.717, 1.165) is 22.5 Å². The number of halogens is 4. The number of thiophene rings is 1. The Balaban J connectivity index is 0.000000646. The SMILES string of the molecule is CNCCC(=O)NCc1cccc(Cn2nc(NS(=O)(=O)c3ccc(Cl)s3)c3c(OC)cccc32)c1.O=C(O)C(F)(F)F. The second kappa shape index (κ2) is 14.5. The summed E-state index contributed by atoms with van der Waals surface area (Å²) in [5.41, 5.74) is 2.61. The van der Waals surface area contributed by atoms with Crippen LogP contribution in [0.15, 0.2) is 58.8 Å². The molecule has 2 heterocycles. The minimum Gasteiger partial charge on any atom is -0.496 e. The third-order valence-electron chi connectivity index (χ3n) is 5.66. The minimum absolute atomic E-state index is 0.0242. The second-order valence-electron chi connectivity index (χ2n) is 8.78. The van der Waals surface area contributed by atoms with Crippen molar-refractivity contribution in [3.63, 3.8) is 0 Å². The third-order valence-corrected chi connectivity index (χ3v) is 8.72. The van der Waals surface area contributed by atoms with E-state index in [4.69, 9.17) is 26.2 Å². The first-order chi connectivity index (χ1) is 20.2. The minimum atomic E-state index is -5.08. The first-order valence-corrected chi connectivity index (χ1v) is 15.0. The molecule has 2 aromatic heterocycles. The van der Waals surface area contributed by atoms with Crippen molar-refractivity contribution in [1.29, 1.82) is 0 Å². The highest BCUT2D eigenvalue weighted by atomic mass is 35.5. The predicted octanol–water partition coefficient (Wildman–Crippen LogP) is 4.47. The number of carboxylic acid groups (broad SMARTS) is 1. The highest BCUT2D eigenvalue weighted by Crippen LogP contribution is 2.35. The molecule has 2 aromatic carbocycles. The van der Waals surface area contributed by atoms with Crippen molar-refractivity contribution in [2.75, 3.05) is 25.4 Å². The van der Waals surface area contributed by atoms with Crippen LogP contribution in [0.3, 0.4) is 0 Å². The summed E-state index contributed by atoms with van der Waals surface area (Å²) in [5.74, 6) is -2.12. The van der Waals surface area contributed by atoms with Crippen molar-refractivity contribution in [2.24, 2.45) is 0 Å². The van der Waals surface area contributed by atoms with Gasteiger partial charge in [-0.25, -0.2) is 13.2 Å². The highest BCUT2D eigenvalue weighted by Gasteiger charge is 2.38. The second-order valence-corrected chi connectivity index (χ2v) is 12.4. The standard InChI is InChI=1S/C24H26ClN5O4S2.C2HF3O2/c1-26-12-11-21(31)27-14-16-5-3-6-17(13-16)15-30-18-7-4-8-19(34-2)23(18)24(28-30)29-36(32,33)22-10-9-20(25)35-22;3-2(4,5)1(6)7/h3-10,13,26H,11-12,14-15H2,1-2H3,(H,27,31)(H,28,29);(H,6,7). The van der Waals surface area contributed by atoms with Crippen molar-refractivity contribution < 1.29 is 41.0 Å². The maximum atomic E-state index is 13.0. The van der Waals surface area contributed by atoms with Crippen molar-refractivity contribution in [2.45, 2.75) is 29.9 Å². The summed E-state index contributed by atoms with van der Waals surface area (Å²) in [6.07, 6.45) is -4.67. The summed E-state index contributed by atoms with van der Waals surface area (Å²) in [7, 11) is -0.559. The number of carboxylic acids is 1. The fourth-order valence-electron chi connectivity index (χ4n) is 3.72. The molecule has 11 nitrogen and oxygen atoms in total. The topological polar surface area (TPSA) is 152 Å². The Labute approximate surface area is 253 Å². The lowest BCUT2D eigenvalue weighted by Gasteiger charge is -2.09. The number of hydrogen-bond donors (Lipinski definition) is 4. The number of hydrogen-bond acceptors (Lipinski definition) is 8. The van der Waals surface area contributed by atoms with Crippen molar-refractivity contribution in [3.05, 3.63) is 70.1 Å². The first kappa shape index (κ1) is 33.6. The van der Waals surface area contributed by atoms with Crippen molar-refractivity contribution in [1.82, 2.24) is 20.4 Å². The summed E-state index contributed by atoms with van der Waals surface area (Å²) in [5, 5.41) is 18.1. The third kappa shape index (κ3) is 9.31. The van der Waals surface area contributed by atoms with Gasteiger partial charge in [0.2, 0.25) is 5.91 Å². The zero-order chi connectivity index (χ0) is 31.8. The normalized spacial score (nSPS) is 11.5. The monoisotopic (exact) mass is 661 g/mol. The van der Waals surface area contributed by atoms with Crippen LogP contribution >= 0.6 is 22.9 Å². The van der Waals surface area contributed by atoms with Crippen LogP contribution in [0.25, 0.3) is 10.9 Å². The number of methoxy groups -OCH3 is 1. The van der Waals surface area contributed by atoms with Gasteiger partial charge in [-0.2, -0.15) is 18.3 Å². The number of nitrogens with one attached hydrogen (secondary N) is 3. The molecule has 1 amide bonds. The molecule has 0 radical (unpaired) electrons.